The van der Waals surface area contributed by atoms with E-state index in [2.05, 4.69) is 4.98 Å². The first-order chi connectivity index (χ1) is 10.5. The number of fused-ring (bicyclic) bond motifs is 1. The van der Waals surface area contributed by atoms with Crippen LogP contribution in [0.1, 0.15) is 16.6 Å². The summed E-state index contributed by atoms with van der Waals surface area (Å²) in [6.07, 6.45) is 1.67. The zero-order valence-corrected chi connectivity index (χ0v) is 15.4. The molecule has 1 N–H and O–H groups in total. The van der Waals surface area contributed by atoms with E-state index in [-0.39, 0.29) is 35.4 Å². The number of aliphatic carboxylic acids is 1. The average molecular weight is 339 g/mol. The average Bonchev–Trinajstić information content (AvgIpc) is 3.12. The summed E-state index contributed by atoms with van der Waals surface area (Å²) in [6, 6.07) is 6.39. The predicted molar refractivity (Wildman–Crippen MR) is 80.1 cm³/mol. The smallest absolute Gasteiger partial charge is 0.549 e. The molecule has 3 rings (SSSR count). The summed E-state index contributed by atoms with van der Waals surface area (Å²) in [5.74, 6) is -3.41. The van der Waals surface area contributed by atoms with Crippen LogP contribution in [0.25, 0.3) is 22.0 Å². The van der Waals surface area contributed by atoms with Gasteiger partial charge in [-0.25, -0.2) is 4.39 Å². The molecule has 4 nitrogen and oxygen atoms in total. The fraction of sp³-hybridized carbons (Fsp3) is 0.125. The van der Waals surface area contributed by atoms with Crippen molar-refractivity contribution >= 4 is 34.0 Å². The Labute approximate surface area is 157 Å². The number of carboxylic acids is 1. The zero-order valence-electron chi connectivity index (χ0n) is 12.6. The second-order valence-corrected chi connectivity index (χ2v) is 5.88. The number of hydrogen-bond donors (Lipinski definition) is 1. The van der Waals surface area contributed by atoms with Crippen LogP contribution in [0.5, 0.6) is 0 Å². The molecule has 0 radical (unpaired) electrons. The van der Waals surface area contributed by atoms with E-state index >= 15 is 0 Å². The molecule has 112 valence electrons. The minimum atomic E-state index is -1.39. The van der Waals surface area contributed by atoms with Gasteiger partial charge in [0.25, 0.3) is 0 Å². The van der Waals surface area contributed by atoms with Crippen LogP contribution in [0.3, 0.4) is 0 Å². The monoisotopic (exact) mass is 339 g/mol. The summed E-state index contributed by atoms with van der Waals surface area (Å²) in [7, 11) is 0. The third-order valence-corrected chi connectivity index (χ3v) is 4.51. The van der Waals surface area contributed by atoms with E-state index in [1.807, 2.05) is 0 Å². The van der Waals surface area contributed by atoms with Gasteiger partial charge in [0.1, 0.15) is 5.82 Å². The van der Waals surface area contributed by atoms with E-state index < -0.39 is 17.7 Å². The molecule has 23 heavy (non-hydrogen) atoms. The molecule has 0 aliphatic rings. The molecule has 2 heterocycles. The second kappa shape index (κ2) is 6.97. The Bertz CT molecular complexity index is 886. The first kappa shape index (κ1) is 17.9. The van der Waals surface area contributed by atoms with Crippen LogP contribution in [0.15, 0.2) is 35.8 Å². The minimum absolute atomic E-state index is 0. The van der Waals surface area contributed by atoms with Gasteiger partial charge in [-0.3, -0.25) is 4.79 Å². The Hall–Kier alpha value is -1.47. The van der Waals surface area contributed by atoms with E-state index in [0.29, 0.717) is 15.8 Å². The Balaban J connectivity index is 0.00000192. The van der Waals surface area contributed by atoms with Crippen molar-refractivity contribution in [3.63, 3.8) is 0 Å². The van der Waals surface area contributed by atoms with Crippen LogP contribution in [-0.2, 0) is 4.79 Å². The number of Topliss-reactive ketones (excluding diaryl/α,β-unsaturated/α-hetero) is 1. The van der Waals surface area contributed by atoms with Gasteiger partial charge in [-0.05, 0) is 30.0 Å². The maximum Gasteiger partial charge on any atom is 1.00 e. The second-order valence-electron chi connectivity index (χ2n) is 4.97. The van der Waals surface area contributed by atoms with Crippen molar-refractivity contribution < 1.29 is 48.6 Å². The van der Waals surface area contributed by atoms with Gasteiger partial charge in [0.15, 0.2) is 5.78 Å². The SMILES string of the molecule is CC(C(=O)[O-])C(=O)c1cc(-c2c[nH]c3c(F)cccc23)cs1.[Na+]. The third-order valence-electron chi connectivity index (χ3n) is 3.56. The van der Waals surface area contributed by atoms with Crippen LogP contribution >= 0.6 is 11.3 Å². The van der Waals surface area contributed by atoms with Crippen LogP contribution in [-0.4, -0.2) is 16.7 Å². The number of para-hydroxylation sites is 1. The van der Waals surface area contributed by atoms with E-state index in [1.54, 1.807) is 29.8 Å². The fourth-order valence-electron chi connectivity index (χ4n) is 2.28. The van der Waals surface area contributed by atoms with Gasteiger partial charge in [-0.15, -0.1) is 11.3 Å². The van der Waals surface area contributed by atoms with Crippen molar-refractivity contribution in [3.05, 3.63) is 46.5 Å². The van der Waals surface area contributed by atoms with E-state index in [9.17, 15) is 19.1 Å². The number of ketones is 1. The van der Waals surface area contributed by atoms with Crippen molar-refractivity contribution in [3.8, 4) is 11.1 Å². The number of carbonyl (C=O) groups is 2. The molecule has 3 aromatic rings. The largest absolute Gasteiger partial charge is 1.00 e. The van der Waals surface area contributed by atoms with E-state index in [0.717, 1.165) is 11.1 Å². The summed E-state index contributed by atoms with van der Waals surface area (Å²) >= 11 is 1.17. The number of H-pyrrole nitrogens is 1. The summed E-state index contributed by atoms with van der Waals surface area (Å²) in [5, 5.41) is 13.3. The normalized spacial score (nSPS) is 11.9. The van der Waals surface area contributed by atoms with Crippen LogP contribution < -0.4 is 34.7 Å². The Morgan fingerprint density at radius 2 is 2.09 bits per heavy atom. The van der Waals surface area contributed by atoms with Crippen LogP contribution in [0.2, 0.25) is 0 Å². The number of aromatic nitrogens is 1. The molecule has 1 atom stereocenters. The molecule has 1 aromatic carbocycles. The molecule has 0 aliphatic carbocycles. The van der Waals surface area contributed by atoms with Gasteiger partial charge in [0, 0.05) is 17.1 Å². The molecular formula is C16H11FNNaO3S. The van der Waals surface area contributed by atoms with Crippen molar-refractivity contribution in [2.45, 2.75) is 6.92 Å². The number of carbonyl (C=O) groups excluding carboxylic acids is 2. The van der Waals surface area contributed by atoms with E-state index in [4.69, 9.17) is 0 Å². The van der Waals surface area contributed by atoms with Gasteiger partial charge < -0.3 is 14.9 Å². The minimum Gasteiger partial charge on any atom is -0.549 e. The molecule has 1 unspecified atom stereocenters. The molecule has 0 spiro atoms. The number of benzene rings is 1. The fourth-order valence-corrected chi connectivity index (χ4v) is 3.22. The first-order valence-electron chi connectivity index (χ1n) is 6.58. The third kappa shape index (κ3) is 3.26. The number of aromatic amines is 1. The van der Waals surface area contributed by atoms with Crippen molar-refractivity contribution in [1.29, 1.82) is 0 Å². The molecule has 0 bridgehead atoms. The molecule has 2 aromatic heterocycles. The quantitative estimate of drug-likeness (QED) is 0.400. The Morgan fingerprint density at radius 3 is 2.78 bits per heavy atom. The van der Waals surface area contributed by atoms with Crippen LogP contribution in [0, 0.1) is 11.7 Å². The van der Waals surface area contributed by atoms with Gasteiger partial charge in [0.2, 0.25) is 0 Å². The number of hydrogen-bond acceptors (Lipinski definition) is 4. The maximum atomic E-state index is 13.7. The summed E-state index contributed by atoms with van der Waals surface area (Å²) in [5.41, 5.74) is 1.92. The van der Waals surface area contributed by atoms with E-state index in [1.165, 1.54) is 24.3 Å². The van der Waals surface area contributed by atoms with Crippen LogP contribution in [0.4, 0.5) is 4.39 Å². The van der Waals surface area contributed by atoms with Crippen molar-refractivity contribution in [2.75, 3.05) is 0 Å². The molecule has 0 amide bonds. The first-order valence-corrected chi connectivity index (χ1v) is 7.46. The summed E-state index contributed by atoms with van der Waals surface area (Å²) in [4.78, 5) is 26.0. The maximum absolute atomic E-state index is 13.7. The van der Waals surface area contributed by atoms with Crippen molar-refractivity contribution in [2.24, 2.45) is 5.92 Å². The van der Waals surface area contributed by atoms with Gasteiger partial charge in [-0.2, -0.15) is 0 Å². The Kier molecular flexibility index (Phi) is 5.41. The topological polar surface area (TPSA) is 73.0 Å². The molecule has 0 saturated heterocycles. The number of halogens is 1. The number of thiophene rings is 1. The number of nitrogens with one attached hydrogen (secondary N) is 1. The zero-order chi connectivity index (χ0) is 15.9. The molecule has 7 heteroatoms. The molecule has 0 fully saturated rings. The Morgan fingerprint density at radius 1 is 1.35 bits per heavy atom. The van der Waals surface area contributed by atoms with Gasteiger partial charge in [-0.1, -0.05) is 12.1 Å². The molecular weight excluding hydrogens is 328 g/mol. The number of rotatable bonds is 4. The van der Waals surface area contributed by atoms with Gasteiger partial charge >= 0.3 is 29.6 Å². The predicted octanol–water partition coefficient (Wildman–Crippen LogP) is -0.392. The molecule has 0 aliphatic heterocycles. The molecule has 0 saturated carbocycles. The summed E-state index contributed by atoms with van der Waals surface area (Å²) in [6.45, 7) is 1.30. The van der Waals surface area contributed by atoms with Gasteiger partial charge in [0.05, 0.1) is 22.3 Å². The summed E-state index contributed by atoms with van der Waals surface area (Å²) < 4.78 is 13.7. The standard InChI is InChI=1S/C16H12FNO3S.Na/c1-8(16(20)21)15(19)13-5-9(7-22-13)11-6-18-14-10(11)3-2-4-12(14)17;/h2-8,18H,1H3,(H,20,21);/q;+1/p-1. The van der Waals surface area contributed by atoms with Crippen molar-refractivity contribution in [1.82, 2.24) is 4.98 Å². The number of carboxylic acid groups (broad SMARTS) is 1.